The molecule has 0 bridgehead atoms. The number of nitrogens with one attached hydrogen (secondary N) is 1. The van der Waals surface area contributed by atoms with Gasteiger partial charge in [0.05, 0.1) is 19.3 Å². The van der Waals surface area contributed by atoms with Crippen molar-refractivity contribution in [2.24, 2.45) is 0 Å². The number of esters is 1. The van der Waals surface area contributed by atoms with Crippen LogP contribution in [0.25, 0.3) is 0 Å². The van der Waals surface area contributed by atoms with Crippen LogP contribution >= 0.6 is 23.8 Å². The maximum Gasteiger partial charge on any atom is 0.338 e. The summed E-state index contributed by atoms with van der Waals surface area (Å²) in [6.45, 7) is 2.99. The van der Waals surface area contributed by atoms with E-state index in [0.717, 1.165) is 23.4 Å². The number of aromatic nitrogens is 2. The van der Waals surface area contributed by atoms with Gasteiger partial charge >= 0.3 is 5.97 Å². The van der Waals surface area contributed by atoms with Crippen LogP contribution in [0.15, 0.2) is 40.9 Å². The molecule has 0 aliphatic carbocycles. The average molecular weight is 449 g/mol. The minimum Gasteiger partial charge on any atom is -0.497 e. The van der Waals surface area contributed by atoms with Crippen molar-refractivity contribution in [2.45, 2.75) is 19.4 Å². The van der Waals surface area contributed by atoms with Gasteiger partial charge < -0.3 is 24.4 Å². The van der Waals surface area contributed by atoms with Gasteiger partial charge in [0.15, 0.2) is 5.11 Å². The molecule has 0 fully saturated rings. The number of benzene rings is 1. The molecule has 0 saturated carbocycles. The number of ether oxygens (including phenoxy) is 3. The molecule has 1 aliphatic rings. The molecule has 1 aromatic carbocycles. The normalized spacial score (nSPS) is 16.4. The number of carbonyl (C=O) groups is 1. The monoisotopic (exact) mass is 448 g/mol. The van der Waals surface area contributed by atoms with E-state index in [1.807, 2.05) is 36.1 Å². The number of rotatable bonds is 9. The number of hydrogen-bond donors (Lipinski definition) is 1. The molecule has 0 amide bonds. The predicted molar refractivity (Wildman–Crippen MR) is 117 cm³/mol. The lowest BCUT2D eigenvalue weighted by molar-refractivity contribution is -0.140. The molecule has 1 aromatic heterocycles. The molecule has 8 nitrogen and oxygen atoms in total. The van der Waals surface area contributed by atoms with E-state index in [4.69, 9.17) is 26.4 Å². The van der Waals surface area contributed by atoms with Crippen LogP contribution in [0.2, 0.25) is 0 Å². The van der Waals surface area contributed by atoms with Gasteiger partial charge in [0.25, 0.3) is 0 Å². The van der Waals surface area contributed by atoms with E-state index >= 15 is 0 Å². The highest BCUT2D eigenvalue weighted by Crippen LogP contribution is 2.31. The van der Waals surface area contributed by atoms with E-state index in [9.17, 15) is 4.79 Å². The number of methoxy groups -OCH3 is 2. The van der Waals surface area contributed by atoms with Gasteiger partial charge in [-0.2, -0.15) is 0 Å². The van der Waals surface area contributed by atoms with Crippen molar-refractivity contribution in [3.8, 4) is 5.75 Å². The zero-order valence-electron chi connectivity index (χ0n) is 17.1. The van der Waals surface area contributed by atoms with Crippen molar-refractivity contribution in [2.75, 3.05) is 34.0 Å². The Morgan fingerprint density at radius 1 is 1.27 bits per heavy atom. The Morgan fingerprint density at radius 3 is 2.67 bits per heavy atom. The second-order valence-corrected chi connectivity index (χ2v) is 7.59. The van der Waals surface area contributed by atoms with Crippen LogP contribution in [0.4, 0.5) is 0 Å². The maximum atomic E-state index is 12.9. The van der Waals surface area contributed by atoms with Gasteiger partial charge in [-0.05, 0) is 54.8 Å². The maximum absolute atomic E-state index is 12.9. The zero-order valence-corrected chi connectivity index (χ0v) is 18.7. The molecule has 2 heterocycles. The van der Waals surface area contributed by atoms with Crippen LogP contribution in [-0.4, -0.2) is 59.5 Å². The van der Waals surface area contributed by atoms with Gasteiger partial charge in [-0.1, -0.05) is 16.6 Å². The average Bonchev–Trinajstić information content (AvgIpc) is 3.28. The Kier molecular flexibility index (Phi) is 7.72. The third-order valence-electron chi connectivity index (χ3n) is 4.79. The van der Waals surface area contributed by atoms with Crippen molar-refractivity contribution >= 4 is 34.8 Å². The van der Waals surface area contributed by atoms with E-state index in [2.05, 4.69) is 14.9 Å². The smallest absolute Gasteiger partial charge is 0.338 e. The number of carbonyl (C=O) groups excluding carboxylic acids is 1. The molecule has 0 saturated heterocycles. The number of thiocarbonyl (C=S) groups is 1. The second kappa shape index (κ2) is 10.5. The highest BCUT2D eigenvalue weighted by atomic mass is 32.1. The van der Waals surface area contributed by atoms with Gasteiger partial charge in [0.1, 0.15) is 24.1 Å². The van der Waals surface area contributed by atoms with Gasteiger partial charge in [0.2, 0.25) is 0 Å². The van der Waals surface area contributed by atoms with Gasteiger partial charge in [-0.25, -0.2) is 4.79 Å². The third-order valence-corrected chi connectivity index (χ3v) is 5.65. The van der Waals surface area contributed by atoms with Crippen molar-refractivity contribution in [3.63, 3.8) is 0 Å². The Morgan fingerprint density at radius 2 is 2.03 bits per heavy atom. The summed E-state index contributed by atoms with van der Waals surface area (Å²) in [7, 11) is 3.20. The summed E-state index contributed by atoms with van der Waals surface area (Å²) in [6.07, 6.45) is 0.748. The summed E-state index contributed by atoms with van der Waals surface area (Å²) >= 11 is 6.82. The molecule has 1 atom stereocenters. The summed E-state index contributed by atoms with van der Waals surface area (Å²) in [5, 5.41) is 9.68. The van der Waals surface area contributed by atoms with Gasteiger partial charge in [-0.15, -0.1) is 5.10 Å². The molecule has 0 spiro atoms. The first-order valence-electron chi connectivity index (χ1n) is 9.40. The highest BCUT2D eigenvalue weighted by molar-refractivity contribution is 7.80. The molecule has 10 heteroatoms. The van der Waals surface area contributed by atoms with Crippen molar-refractivity contribution in [1.82, 2.24) is 19.8 Å². The molecular formula is C20H24N4O4S2. The van der Waals surface area contributed by atoms with Crippen molar-refractivity contribution < 1.29 is 19.0 Å². The summed E-state index contributed by atoms with van der Waals surface area (Å²) in [6, 6.07) is 7.39. The first-order valence-corrected chi connectivity index (χ1v) is 10.6. The largest absolute Gasteiger partial charge is 0.497 e. The number of nitrogens with zero attached hydrogens (tertiary/aromatic N) is 3. The first-order chi connectivity index (χ1) is 14.5. The van der Waals surface area contributed by atoms with E-state index < -0.39 is 12.0 Å². The summed E-state index contributed by atoms with van der Waals surface area (Å²) in [5.41, 5.74) is 2.99. The molecule has 1 aliphatic heterocycles. The van der Waals surface area contributed by atoms with Crippen LogP contribution in [0, 0.1) is 0 Å². The highest BCUT2D eigenvalue weighted by Gasteiger charge is 2.36. The summed E-state index contributed by atoms with van der Waals surface area (Å²) in [4.78, 5) is 14.8. The van der Waals surface area contributed by atoms with E-state index in [1.54, 1.807) is 19.6 Å². The minimum atomic E-state index is -0.497. The second-order valence-electron chi connectivity index (χ2n) is 6.59. The summed E-state index contributed by atoms with van der Waals surface area (Å²) < 4.78 is 19.5. The Labute approximate surface area is 185 Å². The molecule has 160 valence electrons. The Balaban J connectivity index is 1.83. The van der Waals surface area contributed by atoms with E-state index in [1.165, 1.54) is 11.5 Å². The van der Waals surface area contributed by atoms with Gasteiger partial charge in [-0.3, -0.25) is 0 Å². The topological polar surface area (TPSA) is 85.8 Å². The quantitative estimate of drug-likeness (QED) is 0.353. The summed E-state index contributed by atoms with van der Waals surface area (Å²) in [5.74, 6) is 0.387. The SMILES string of the molecule is COCCOC(=O)C1=C(C)N(CCc2ccc(OC)cc2)C(=S)N[C@@H]1c1csnn1. The first kappa shape index (κ1) is 22.1. The predicted octanol–water partition coefficient (Wildman–Crippen LogP) is 2.48. The number of hydrogen-bond acceptors (Lipinski definition) is 8. The minimum absolute atomic E-state index is 0.171. The number of allylic oxidation sites excluding steroid dienone is 1. The standard InChI is InChI=1S/C20H24N4O4S2/c1-13-17(19(25)28-11-10-26-2)18(16-12-30-23-22-16)21-20(29)24(13)9-8-14-4-6-15(27-3)7-5-14/h4-7,12,18H,8-11H2,1-3H3,(H,21,29)/t18-/m1/s1. The van der Waals surface area contributed by atoms with Crippen LogP contribution in [0.5, 0.6) is 5.75 Å². The van der Waals surface area contributed by atoms with Crippen molar-refractivity contribution in [1.29, 1.82) is 0 Å². The fraction of sp³-hybridized carbons (Fsp3) is 0.400. The van der Waals surface area contributed by atoms with E-state index in [0.29, 0.717) is 29.5 Å². The lowest BCUT2D eigenvalue weighted by atomic mass is 9.99. The lowest BCUT2D eigenvalue weighted by Gasteiger charge is -2.36. The third kappa shape index (κ3) is 5.13. The fourth-order valence-corrected chi connectivity index (χ4v) is 3.99. The van der Waals surface area contributed by atoms with Crippen molar-refractivity contribution in [3.05, 3.63) is 52.2 Å². The zero-order chi connectivity index (χ0) is 21.5. The molecule has 30 heavy (non-hydrogen) atoms. The molecule has 0 unspecified atom stereocenters. The molecule has 3 rings (SSSR count). The van der Waals surface area contributed by atoms with Crippen LogP contribution in [0.1, 0.15) is 24.2 Å². The molecular weight excluding hydrogens is 424 g/mol. The molecule has 1 N–H and O–H groups in total. The van der Waals surface area contributed by atoms with Crippen LogP contribution in [0.3, 0.4) is 0 Å². The molecule has 0 radical (unpaired) electrons. The lowest BCUT2D eigenvalue weighted by Crippen LogP contribution is -2.48. The van der Waals surface area contributed by atoms with Crippen LogP contribution in [-0.2, 0) is 20.7 Å². The Hall–Kier alpha value is -2.56. The molecule has 2 aromatic rings. The van der Waals surface area contributed by atoms with Crippen LogP contribution < -0.4 is 10.1 Å². The van der Waals surface area contributed by atoms with E-state index in [-0.39, 0.29) is 6.61 Å². The fourth-order valence-electron chi connectivity index (χ4n) is 3.16. The van der Waals surface area contributed by atoms with Gasteiger partial charge in [0, 0.05) is 24.7 Å². The Bertz CT molecular complexity index is 900.